The topological polar surface area (TPSA) is 68.3 Å². The van der Waals surface area contributed by atoms with Gasteiger partial charge in [-0.05, 0) is 24.3 Å². The maximum Gasteiger partial charge on any atom is 0.179 e. The Bertz CT molecular complexity index is 766. The van der Waals surface area contributed by atoms with E-state index >= 15 is 0 Å². The molecule has 0 aliphatic rings. The van der Waals surface area contributed by atoms with E-state index in [0.717, 1.165) is 18.4 Å². The molecule has 2 aromatic rings. The minimum Gasteiger partial charge on any atom is -0.489 e. The fraction of sp³-hybridized carbons (Fsp3) is 0.214. The summed E-state index contributed by atoms with van der Waals surface area (Å²) in [6.07, 6.45) is 2.54. The van der Waals surface area contributed by atoms with Gasteiger partial charge >= 0.3 is 0 Å². The molecule has 1 aromatic heterocycles. The third-order valence-electron chi connectivity index (χ3n) is 2.72. The fourth-order valence-corrected chi connectivity index (χ4v) is 2.55. The summed E-state index contributed by atoms with van der Waals surface area (Å²) in [4.78, 5) is 4.02. The molecule has 0 aliphatic heterocycles. The number of hydrogen-bond acceptors (Lipinski definition) is 5. The first-order valence-electron chi connectivity index (χ1n) is 6.35. The number of aromatic nitrogens is 1. The Morgan fingerprint density at radius 3 is 2.73 bits per heavy atom. The fourth-order valence-electron chi connectivity index (χ4n) is 1.75. The van der Waals surface area contributed by atoms with Crippen molar-refractivity contribution in [3.8, 4) is 5.75 Å². The largest absolute Gasteiger partial charge is 0.489 e. The lowest BCUT2D eigenvalue weighted by Gasteiger charge is -2.11. The standard InChI is InChI=1S/C14H14F2N2O3S/c1-22(19,20)13-3-2-6-17-14(13)18-7-8-21-12-5-4-10(15)9-11(12)16/h2-6,9H,7-8H2,1H3,(H,17,18). The third-order valence-corrected chi connectivity index (χ3v) is 3.84. The zero-order chi connectivity index (χ0) is 16.2. The third kappa shape index (κ3) is 4.14. The van der Waals surface area contributed by atoms with Gasteiger partial charge in [-0.1, -0.05) is 0 Å². The molecule has 0 spiro atoms. The summed E-state index contributed by atoms with van der Waals surface area (Å²) in [5.41, 5.74) is 0. The SMILES string of the molecule is CS(=O)(=O)c1cccnc1NCCOc1ccc(F)cc1F. The predicted molar refractivity (Wildman–Crippen MR) is 77.7 cm³/mol. The van der Waals surface area contributed by atoms with Crippen LogP contribution in [0, 0.1) is 11.6 Å². The molecule has 0 saturated heterocycles. The molecule has 2 rings (SSSR count). The lowest BCUT2D eigenvalue weighted by atomic mass is 10.3. The molecule has 1 heterocycles. The Morgan fingerprint density at radius 1 is 1.27 bits per heavy atom. The lowest BCUT2D eigenvalue weighted by molar-refractivity contribution is 0.313. The van der Waals surface area contributed by atoms with Crippen LogP contribution in [0.2, 0.25) is 0 Å². The van der Waals surface area contributed by atoms with Gasteiger partial charge in [-0.15, -0.1) is 0 Å². The molecule has 0 radical (unpaired) electrons. The van der Waals surface area contributed by atoms with Crippen molar-refractivity contribution < 1.29 is 21.9 Å². The van der Waals surface area contributed by atoms with Gasteiger partial charge in [0.2, 0.25) is 0 Å². The summed E-state index contributed by atoms with van der Waals surface area (Å²) >= 11 is 0. The number of halogens is 2. The van der Waals surface area contributed by atoms with Crippen LogP contribution < -0.4 is 10.1 Å². The van der Waals surface area contributed by atoms with Crippen LogP contribution in [0.5, 0.6) is 5.75 Å². The highest BCUT2D eigenvalue weighted by Gasteiger charge is 2.13. The van der Waals surface area contributed by atoms with Crippen molar-refractivity contribution in [1.82, 2.24) is 4.98 Å². The second-order valence-electron chi connectivity index (χ2n) is 4.47. The van der Waals surface area contributed by atoms with E-state index in [-0.39, 0.29) is 29.6 Å². The number of nitrogens with one attached hydrogen (secondary N) is 1. The Morgan fingerprint density at radius 2 is 2.05 bits per heavy atom. The Kier molecular flexibility index (Phi) is 4.92. The molecule has 0 fully saturated rings. The van der Waals surface area contributed by atoms with E-state index in [2.05, 4.69) is 10.3 Å². The lowest BCUT2D eigenvalue weighted by Crippen LogP contribution is -2.15. The first-order valence-corrected chi connectivity index (χ1v) is 8.24. The van der Waals surface area contributed by atoms with Crippen molar-refractivity contribution in [1.29, 1.82) is 0 Å². The van der Waals surface area contributed by atoms with Gasteiger partial charge in [0.1, 0.15) is 23.1 Å². The summed E-state index contributed by atoms with van der Waals surface area (Å²) in [5.74, 6) is -1.36. The van der Waals surface area contributed by atoms with Crippen molar-refractivity contribution in [3.63, 3.8) is 0 Å². The monoisotopic (exact) mass is 328 g/mol. The van der Waals surface area contributed by atoms with E-state index in [4.69, 9.17) is 4.74 Å². The average molecular weight is 328 g/mol. The molecule has 22 heavy (non-hydrogen) atoms. The van der Waals surface area contributed by atoms with Crippen molar-refractivity contribution in [2.24, 2.45) is 0 Å². The molecular weight excluding hydrogens is 314 g/mol. The Labute approximate surface area is 126 Å². The van der Waals surface area contributed by atoms with Gasteiger partial charge in [-0.25, -0.2) is 22.2 Å². The van der Waals surface area contributed by atoms with Crippen LogP contribution in [-0.2, 0) is 9.84 Å². The molecule has 0 unspecified atom stereocenters. The normalized spacial score (nSPS) is 11.2. The maximum absolute atomic E-state index is 13.3. The van der Waals surface area contributed by atoms with Crippen molar-refractivity contribution in [2.45, 2.75) is 4.90 Å². The number of nitrogens with zero attached hydrogens (tertiary/aromatic N) is 1. The molecule has 1 aromatic carbocycles. The van der Waals surface area contributed by atoms with Crippen LogP contribution in [0.3, 0.4) is 0 Å². The van der Waals surface area contributed by atoms with Crippen LogP contribution in [0.4, 0.5) is 14.6 Å². The van der Waals surface area contributed by atoms with Gasteiger partial charge in [-0.2, -0.15) is 0 Å². The molecule has 118 valence electrons. The van der Waals surface area contributed by atoms with Crippen LogP contribution in [0.25, 0.3) is 0 Å². The van der Waals surface area contributed by atoms with E-state index in [0.29, 0.717) is 0 Å². The first kappa shape index (κ1) is 16.2. The summed E-state index contributed by atoms with van der Waals surface area (Å²) < 4.78 is 54.4. The number of benzene rings is 1. The number of hydrogen-bond donors (Lipinski definition) is 1. The molecule has 0 saturated carbocycles. The van der Waals surface area contributed by atoms with Gasteiger partial charge in [0, 0.05) is 18.5 Å². The zero-order valence-electron chi connectivity index (χ0n) is 11.7. The summed E-state index contributed by atoms with van der Waals surface area (Å²) in [7, 11) is -3.40. The number of rotatable bonds is 6. The Hall–Kier alpha value is -2.22. The van der Waals surface area contributed by atoms with Gasteiger partial charge in [0.15, 0.2) is 21.4 Å². The van der Waals surface area contributed by atoms with E-state index in [1.807, 2.05) is 0 Å². The molecule has 8 heteroatoms. The van der Waals surface area contributed by atoms with Crippen LogP contribution in [-0.4, -0.2) is 32.8 Å². The minimum atomic E-state index is -3.40. The minimum absolute atomic E-state index is 0.0579. The zero-order valence-corrected chi connectivity index (χ0v) is 12.5. The van der Waals surface area contributed by atoms with E-state index in [1.54, 1.807) is 0 Å². The van der Waals surface area contributed by atoms with E-state index in [9.17, 15) is 17.2 Å². The second-order valence-corrected chi connectivity index (χ2v) is 6.46. The van der Waals surface area contributed by atoms with Crippen molar-refractivity contribution in [3.05, 3.63) is 48.2 Å². The molecule has 0 amide bonds. The quantitative estimate of drug-likeness (QED) is 0.824. The van der Waals surface area contributed by atoms with Crippen molar-refractivity contribution in [2.75, 3.05) is 24.7 Å². The Balaban J connectivity index is 1.95. The van der Waals surface area contributed by atoms with E-state index < -0.39 is 21.5 Å². The summed E-state index contributed by atoms with van der Waals surface area (Å²) in [6.45, 7) is 0.263. The van der Waals surface area contributed by atoms with Gasteiger partial charge in [0.05, 0.1) is 6.54 Å². The summed E-state index contributed by atoms with van der Waals surface area (Å²) in [6, 6.07) is 5.96. The smallest absolute Gasteiger partial charge is 0.179 e. The first-order chi connectivity index (χ1) is 10.4. The number of pyridine rings is 1. The highest BCUT2D eigenvalue weighted by molar-refractivity contribution is 7.90. The van der Waals surface area contributed by atoms with Gasteiger partial charge in [0.25, 0.3) is 0 Å². The molecule has 1 N–H and O–H groups in total. The highest BCUT2D eigenvalue weighted by Crippen LogP contribution is 2.19. The molecule has 0 atom stereocenters. The predicted octanol–water partition coefficient (Wildman–Crippen LogP) is 2.25. The average Bonchev–Trinajstić information content (AvgIpc) is 2.45. The molecule has 5 nitrogen and oxygen atoms in total. The highest BCUT2D eigenvalue weighted by atomic mass is 32.2. The van der Waals surface area contributed by atoms with Crippen LogP contribution in [0.15, 0.2) is 41.4 Å². The molecule has 0 aliphatic carbocycles. The maximum atomic E-state index is 13.3. The second kappa shape index (κ2) is 6.69. The number of ether oxygens (including phenoxy) is 1. The number of anilines is 1. The van der Waals surface area contributed by atoms with Crippen molar-refractivity contribution >= 4 is 15.7 Å². The van der Waals surface area contributed by atoms with E-state index in [1.165, 1.54) is 24.4 Å². The van der Waals surface area contributed by atoms with Gasteiger partial charge < -0.3 is 10.1 Å². The van der Waals surface area contributed by atoms with Crippen LogP contribution in [0.1, 0.15) is 0 Å². The molecule has 0 bridgehead atoms. The van der Waals surface area contributed by atoms with Gasteiger partial charge in [-0.3, -0.25) is 0 Å². The van der Waals surface area contributed by atoms with Crippen LogP contribution >= 0.6 is 0 Å². The number of sulfone groups is 1. The summed E-state index contributed by atoms with van der Waals surface area (Å²) in [5, 5.41) is 2.81. The molecular formula is C14H14F2N2O3S.